The number of anilines is 1. The first-order valence-electron chi connectivity index (χ1n) is 9.05. The van der Waals surface area contributed by atoms with Crippen molar-refractivity contribution in [2.24, 2.45) is 0 Å². The molecule has 140 valence electrons. The third kappa shape index (κ3) is 3.75. The average Bonchev–Trinajstić information content (AvgIpc) is 3.07. The highest BCUT2D eigenvalue weighted by Gasteiger charge is 2.20. The highest BCUT2D eigenvalue weighted by molar-refractivity contribution is 5.71. The lowest BCUT2D eigenvalue weighted by Gasteiger charge is -2.24. The molecule has 4 rings (SSSR count). The monoisotopic (exact) mass is 366 g/mol. The summed E-state index contributed by atoms with van der Waals surface area (Å²) >= 11 is 0. The van der Waals surface area contributed by atoms with Gasteiger partial charge in [-0.05, 0) is 6.42 Å². The summed E-state index contributed by atoms with van der Waals surface area (Å²) < 4.78 is 6.57. The standard InChI is InChI=1S/C19H22N6O2/c1-27-18(26)13-23-8-5-9-24(11-10-23)17-12-16(15-6-3-2-4-7-15)22-19-20-14-21-25(17)19/h2-4,6-7,12,14H,5,8-11,13H2,1H3. The fourth-order valence-corrected chi connectivity index (χ4v) is 3.38. The van der Waals surface area contributed by atoms with Crippen molar-refractivity contribution in [1.29, 1.82) is 0 Å². The van der Waals surface area contributed by atoms with Crippen LogP contribution in [-0.2, 0) is 9.53 Å². The summed E-state index contributed by atoms with van der Waals surface area (Å²) in [4.78, 5) is 24.9. The number of esters is 1. The molecule has 2 aromatic heterocycles. The van der Waals surface area contributed by atoms with Gasteiger partial charge < -0.3 is 9.64 Å². The van der Waals surface area contributed by atoms with Gasteiger partial charge in [0.15, 0.2) is 0 Å². The molecule has 0 bridgehead atoms. The number of ether oxygens (including phenoxy) is 1. The van der Waals surface area contributed by atoms with Crippen LogP contribution in [0, 0.1) is 0 Å². The van der Waals surface area contributed by atoms with Crippen LogP contribution < -0.4 is 4.90 Å². The number of hydrogen-bond acceptors (Lipinski definition) is 7. The summed E-state index contributed by atoms with van der Waals surface area (Å²) in [5, 5.41) is 4.35. The fourth-order valence-electron chi connectivity index (χ4n) is 3.38. The zero-order valence-corrected chi connectivity index (χ0v) is 15.3. The Morgan fingerprint density at radius 2 is 2.00 bits per heavy atom. The van der Waals surface area contributed by atoms with Gasteiger partial charge in [-0.15, -0.1) is 0 Å². The minimum Gasteiger partial charge on any atom is -0.468 e. The highest BCUT2D eigenvalue weighted by atomic mass is 16.5. The summed E-state index contributed by atoms with van der Waals surface area (Å²) in [6, 6.07) is 12.1. The Hall–Kier alpha value is -3.00. The molecule has 0 N–H and O–H groups in total. The van der Waals surface area contributed by atoms with Crippen LogP contribution in [0.4, 0.5) is 5.82 Å². The van der Waals surface area contributed by atoms with Crippen molar-refractivity contribution >= 4 is 17.6 Å². The Labute approximate surface area is 157 Å². The maximum Gasteiger partial charge on any atom is 0.319 e. The molecule has 1 aliphatic rings. The number of carbonyl (C=O) groups is 1. The van der Waals surface area contributed by atoms with Crippen LogP contribution in [0.15, 0.2) is 42.7 Å². The van der Waals surface area contributed by atoms with E-state index in [1.807, 2.05) is 30.3 Å². The van der Waals surface area contributed by atoms with Gasteiger partial charge in [-0.2, -0.15) is 14.6 Å². The molecule has 0 amide bonds. The van der Waals surface area contributed by atoms with E-state index in [4.69, 9.17) is 4.74 Å². The van der Waals surface area contributed by atoms with Crippen molar-refractivity contribution in [3.05, 3.63) is 42.7 Å². The van der Waals surface area contributed by atoms with Crippen LogP contribution in [0.1, 0.15) is 6.42 Å². The van der Waals surface area contributed by atoms with Crippen LogP contribution >= 0.6 is 0 Å². The highest BCUT2D eigenvalue weighted by Crippen LogP contribution is 2.24. The molecule has 0 radical (unpaired) electrons. The quantitative estimate of drug-likeness (QED) is 0.647. The molecule has 0 unspecified atom stereocenters. The van der Waals surface area contributed by atoms with E-state index in [0.29, 0.717) is 12.3 Å². The molecule has 1 saturated heterocycles. The van der Waals surface area contributed by atoms with Gasteiger partial charge >= 0.3 is 5.97 Å². The van der Waals surface area contributed by atoms with Crippen molar-refractivity contribution in [3.8, 4) is 11.3 Å². The molecule has 3 heterocycles. The summed E-state index contributed by atoms with van der Waals surface area (Å²) in [6.45, 7) is 3.65. The largest absolute Gasteiger partial charge is 0.468 e. The van der Waals surface area contributed by atoms with E-state index in [0.717, 1.165) is 49.7 Å². The first-order chi connectivity index (χ1) is 13.2. The van der Waals surface area contributed by atoms with E-state index in [1.54, 1.807) is 4.52 Å². The van der Waals surface area contributed by atoms with Gasteiger partial charge in [0.1, 0.15) is 12.1 Å². The molecular formula is C19H22N6O2. The lowest BCUT2D eigenvalue weighted by atomic mass is 10.1. The topological polar surface area (TPSA) is 75.9 Å². The predicted molar refractivity (Wildman–Crippen MR) is 102 cm³/mol. The molecule has 27 heavy (non-hydrogen) atoms. The molecule has 8 heteroatoms. The number of carbonyl (C=O) groups excluding carboxylic acids is 1. The molecule has 0 atom stereocenters. The van der Waals surface area contributed by atoms with Crippen LogP contribution in [-0.4, -0.2) is 70.3 Å². The zero-order chi connectivity index (χ0) is 18.6. The molecule has 1 aliphatic heterocycles. The Morgan fingerprint density at radius 1 is 1.15 bits per heavy atom. The lowest BCUT2D eigenvalue weighted by Crippen LogP contribution is -2.35. The number of methoxy groups -OCH3 is 1. The van der Waals surface area contributed by atoms with Crippen LogP contribution in [0.5, 0.6) is 0 Å². The average molecular weight is 366 g/mol. The van der Waals surface area contributed by atoms with E-state index in [9.17, 15) is 4.79 Å². The fraction of sp³-hybridized carbons (Fsp3) is 0.368. The molecule has 0 aliphatic carbocycles. The molecule has 1 aromatic carbocycles. The summed E-state index contributed by atoms with van der Waals surface area (Å²) in [5.74, 6) is 1.36. The molecule has 3 aromatic rings. The van der Waals surface area contributed by atoms with Gasteiger partial charge in [-0.1, -0.05) is 30.3 Å². The zero-order valence-electron chi connectivity index (χ0n) is 15.3. The Kier molecular flexibility index (Phi) is 4.97. The lowest BCUT2D eigenvalue weighted by molar-refractivity contribution is -0.141. The Bertz CT molecular complexity index is 926. The second-order valence-corrected chi connectivity index (χ2v) is 6.53. The van der Waals surface area contributed by atoms with Gasteiger partial charge in [0.2, 0.25) is 0 Å². The number of fused-ring (bicyclic) bond motifs is 1. The Balaban J connectivity index is 1.63. The Morgan fingerprint density at radius 3 is 2.81 bits per heavy atom. The van der Waals surface area contributed by atoms with Crippen LogP contribution in [0.3, 0.4) is 0 Å². The van der Waals surface area contributed by atoms with E-state index in [-0.39, 0.29) is 5.97 Å². The number of rotatable bonds is 4. The summed E-state index contributed by atoms with van der Waals surface area (Å²) in [6.07, 6.45) is 2.48. The third-order valence-corrected chi connectivity index (χ3v) is 4.80. The van der Waals surface area contributed by atoms with Crippen molar-refractivity contribution in [3.63, 3.8) is 0 Å². The normalized spacial score (nSPS) is 15.7. The smallest absolute Gasteiger partial charge is 0.319 e. The van der Waals surface area contributed by atoms with Crippen molar-refractivity contribution in [2.75, 3.05) is 44.7 Å². The van der Waals surface area contributed by atoms with Crippen molar-refractivity contribution in [1.82, 2.24) is 24.5 Å². The first-order valence-corrected chi connectivity index (χ1v) is 9.05. The molecule has 1 fully saturated rings. The minimum atomic E-state index is -0.197. The third-order valence-electron chi connectivity index (χ3n) is 4.80. The van der Waals surface area contributed by atoms with Crippen LogP contribution in [0.2, 0.25) is 0 Å². The summed E-state index contributed by atoms with van der Waals surface area (Å²) in [5.41, 5.74) is 1.92. The van der Waals surface area contributed by atoms with Crippen molar-refractivity contribution in [2.45, 2.75) is 6.42 Å². The van der Waals surface area contributed by atoms with Gasteiger partial charge in [-0.3, -0.25) is 9.69 Å². The van der Waals surface area contributed by atoms with Gasteiger partial charge in [0.05, 0.1) is 19.3 Å². The van der Waals surface area contributed by atoms with Crippen molar-refractivity contribution < 1.29 is 9.53 Å². The number of hydrogen-bond donors (Lipinski definition) is 0. The second-order valence-electron chi connectivity index (χ2n) is 6.53. The van der Waals surface area contributed by atoms with E-state index < -0.39 is 0 Å². The number of aromatic nitrogens is 4. The van der Waals surface area contributed by atoms with E-state index in [2.05, 4.69) is 30.9 Å². The van der Waals surface area contributed by atoms with E-state index in [1.165, 1.54) is 13.4 Å². The van der Waals surface area contributed by atoms with Gasteiger partial charge in [0.25, 0.3) is 5.78 Å². The SMILES string of the molecule is COC(=O)CN1CCCN(c2cc(-c3ccccc3)nc3ncnn23)CC1. The molecule has 0 saturated carbocycles. The van der Waals surface area contributed by atoms with Gasteiger partial charge in [0, 0.05) is 37.8 Å². The van der Waals surface area contributed by atoms with Crippen LogP contribution in [0.25, 0.3) is 17.0 Å². The molecule has 8 nitrogen and oxygen atoms in total. The maximum atomic E-state index is 11.6. The second kappa shape index (κ2) is 7.71. The first kappa shape index (κ1) is 17.4. The minimum absolute atomic E-state index is 0.197. The summed E-state index contributed by atoms with van der Waals surface area (Å²) in [7, 11) is 1.43. The van der Waals surface area contributed by atoms with E-state index >= 15 is 0 Å². The predicted octanol–water partition coefficient (Wildman–Crippen LogP) is 1.48. The number of benzene rings is 1. The molecular weight excluding hydrogens is 344 g/mol. The van der Waals surface area contributed by atoms with Gasteiger partial charge in [-0.25, -0.2) is 4.98 Å². The number of nitrogens with zero attached hydrogens (tertiary/aromatic N) is 6. The molecule has 0 spiro atoms. The maximum absolute atomic E-state index is 11.6.